The van der Waals surface area contributed by atoms with Gasteiger partial charge in [-0.25, -0.2) is 9.78 Å². The van der Waals surface area contributed by atoms with Crippen LogP contribution in [-0.4, -0.2) is 104 Å². The number of fused-ring (bicyclic) bond motifs is 1. The smallest absolute Gasteiger partial charge is 0.418 e. The van der Waals surface area contributed by atoms with Crippen LogP contribution < -0.4 is 26.8 Å². The number of nitrogens with zero attached hydrogens (tertiary/aromatic N) is 3. The number of ether oxygens (including phenoxy) is 1. The molecule has 284 valence electrons. The highest BCUT2D eigenvalue weighted by Crippen LogP contribution is 2.36. The number of carbonyl (C=O) groups is 3. The first-order valence-electron chi connectivity index (χ1n) is 16.3. The molecule has 3 heterocycles. The lowest BCUT2D eigenvalue weighted by molar-refractivity contribution is -0.218. The van der Waals surface area contributed by atoms with E-state index >= 15 is 0 Å². The number of hydrogen-bond acceptors (Lipinski definition) is 15. The van der Waals surface area contributed by atoms with Crippen molar-refractivity contribution in [1.82, 2.24) is 20.7 Å². The van der Waals surface area contributed by atoms with E-state index in [1.165, 1.54) is 26.2 Å². The topological polar surface area (TPSA) is 302 Å². The Morgan fingerprint density at radius 1 is 1.25 bits per heavy atom. The van der Waals surface area contributed by atoms with Gasteiger partial charge in [0.2, 0.25) is 0 Å². The third kappa shape index (κ3) is 8.13. The minimum Gasteiger partial charge on any atom is -0.485 e. The summed E-state index contributed by atoms with van der Waals surface area (Å²) >= 11 is 0.957. The number of nitrogen functional groups attached to an aromatic ring is 1. The highest BCUT2D eigenvalue weighted by atomic mass is 32.3. The maximum absolute atomic E-state index is 13.5. The number of hydrogen-bond donors (Lipinski definition) is 8. The number of benzene rings is 1. The third-order valence-corrected chi connectivity index (χ3v) is 10.7. The fourth-order valence-electron chi connectivity index (χ4n) is 6.43. The number of oxime groups is 1. The quantitative estimate of drug-likeness (QED) is 0.0452. The number of carboxylic acid groups (broad SMARTS) is 1. The molecule has 52 heavy (non-hydrogen) atoms. The maximum Gasteiger partial charge on any atom is 0.418 e. The molecule has 0 unspecified atom stereocenters. The first-order chi connectivity index (χ1) is 24.3. The largest absolute Gasteiger partial charge is 0.485 e. The molecule has 2 aromatic rings. The summed E-state index contributed by atoms with van der Waals surface area (Å²) < 4.78 is 41.8. The number of nitrogens with one attached hydrogen (secondary N) is 3. The molecular weight excluding hydrogens is 725 g/mol. The normalized spacial score (nSPS) is 25.5. The molecule has 21 heteroatoms. The Morgan fingerprint density at radius 3 is 2.52 bits per heavy atom. The van der Waals surface area contributed by atoms with Gasteiger partial charge in [0, 0.05) is 29.1 Å². The number of thiazole rings is 1. The van der Waals surface area contributed by atoms with E-state index in [0.717, 1.165) is 42.6 Å². The van der Waals surface area contributed by atoms with Crippen LogP contribution in [0, 0.1) is 5.41 Å². The lowest BCUT2D eigenvalue weighted by Gasteiger charge is -2.50. The van der Waals surface area contributed by atoms with E-state index in [1.807, 2.05) is 0 Å². The molecular formula is C31H42N8O11S2. The van der Waals surface area contributed by atoms with Crippen LogP contribution in [0.4, 0.5) is 5.13 Å². The second-order valence-corrected chi connectivity index (χ2v) is 15.7. The Kier molecular flexibility index (Phi) is 10.9. The van der Waals surface area contributed by atoms with E-state index in [4.69, 9.17) is 31.0 Å². The SMILES string of the molecule is CC1(C)[C@H](NC(=O)/C(=N\O[C@](C)(C(=O)O)[C@H]2CCc3cc(C(=N)N[C@H]4CC[C@](N)(CCO)CC4)ccc3O2)c2csc(N)n2)C(=O)N1OS(=O)(=O)O. The number of aromatic nitrogens is 1. The van der Waals surface area contributed by atoms with Gasteiger partial charge in [-0.15, -0.1) is 15.6 Å². The third-order valence-electron chi connectivity index (χ3n) is 9.70. The molecule has 1 saturated heterocycles. The van der Waals surface area contributed by atoms with Crippen LogP contribution in [0.25, 0.3) is 0 Å². The zero-order valence-corrected chi connectivity index (χ0v) is 30.3. The first-order valence-corrected chi connectivity index (χ1v) is 18.6. The number of carboxylic acids is 1. The van der Waals surface area contributed by atoms with Crippen molar-refractivity contribution >= 4 is 56.2 Å². The molecule has 0 bridgehead atoms. The van der Waals surface area contributed by atoms with E-state index < -0.39 is 57.2 Å². The summed E-state index contributed by atoms with van der Waals surface area (Å²) in [4.78, 5) is 48.4. The molecule has 1 aliphatic carbocycles. The number of amidine groups is 1. The Hall–Kier alpha value is -4.41. The molecule has 1 aromatic carbocycles. The lowest BCUT2D eigenvalue weighted by atomic mass is 9.78. The Morgan fingerprint density at radius 2 is 1.94 bits per heavy atom. The van der Waals surface area contributed by atoms with Gasteiger partial charge in [-0.1, -0.05) is 5.16 Å². The number of rotatable bonds is 13. The van der Waals surface area contributed by atoms with Gasteiger partial charge in [0.05, 0.1) is 5.54 Å². The van der Waals surface area contributed by atoms with Crippen molar-refractivity contribution in [2.75, 3.05) is 12.3 Å². The van der Waals surface area contributed by atoms with Crippen molar-refractivity contribution in [1.29, 1.82) is 5.41 Å². The molecule has 1 aromatic heterocycles. The van der Waals surface area contributed by atoms with Crippen molar-refractivity contribution in [2.45, 2.75) is 101 Å². The van der Waals surface area contributed by atoms with Crippen molar-refractivity contribution < 1.29 is 51.4 Å². The van der Waals surface area contributed by atoms with Gasteiger partial charge in [0.25, 0.3) is 17.4 Å². The zero-order valence-electron chi connectivity index (χ0n) is 28.6. The van der Waals surface area contributed by atoms with Crippen LogP contribution in [0.5, 0.6) is 5.75 Å². The van der Waals surface area contributed by atoms with Crippen LogP contribution in [0.2, 0.25) is 0 Å². The number of aliphatic hydroxyl groups excluding tert-OH is 1. The summed E-state index contributed by atoms with van der Waals surface area (Å²) in [5, 5.41) is 39.6. The van der Waals surface area contributed by atoms with Crippen LogP contribution in [-0.2, 0) is 40.3 Å². The summed E-state index contributed by atoms with van der Waals surface area (Å²) in [6.07, 6.45) is 3.00. The molecule has 1 saturated carbocycles. The number of amides is 2. The van der Waals surface area contributed by atoms with Crippen molar-refractivity contribution in [3.8, 4) is 5.75 Å². The highest BCUT2D eigenvalue weighted by Gasteiger charge is 2.58. The van der Waals surface area contributed by atoms with Gasteiger partial charge in [-0.2, -0.15) is 13.5 Å². The standard InChI is InChI=1S/C31H42N8O11S2/c1-29(2)23(26(42)39(29)50-52(45,46)47)37-25(41)22(19-15-51-28(33)36-19)38-49-30(3,27(43)44)21-7-5-16-14-17(4-6-20(16)48-21)24(32)35-18-8-10-31(34,11-9-18)12-13-40/h4,6,14-15,18,21,23,40H,5,7-13,34H2,1-3H3,(H2,32,35)(H2,33,36)(H,37,41)(H,43,44)(H,45,46,47)/b38-22-/t18-,21-,23-,30+,31+/m1/s1. The maximum atomic E-state index is 13.5. The van der Waals surface area contributed by atoms with Gasteiger partial charge >= 0.3 is 16.4 Å². The van der Waals surface area contributed by atoms with Crippen LogP contribution >= 0.6 is 11.3 Å². The van der Waals surface area contributed by atoms with E-state index in [9.17, 15) is 33.0 Å². The highest BCUT2D eigenvalue weighted by molar-refractivity contribution is 7.80. The molecule has 0 spiro atoms. The van der Waals surface area contributed by atoms with Crippen molar-refractivity contribution in [3.63, 3.8) is 0 Å². The average molecular weight is 767 g/mol. The minimum absolute atomic E-state index is 0.0390. The van der Waals surface area contributed by atoms with Gasteiger partial charge in [-0.3, -0.25) is 19.6 Å². The van der Waals surface area contributed by atoms with Crippen LogP contribution in [0.1, 0.15) is 76.1 Å². The molecule has 3 atom stereocenters. The number of aliphatic carboxylic acids is 1. The number of aryl methyl sites for hydroxylation is 1. The number of carbonyl (C=O) groups excluding carboxylic acids is 2. The molecule has 2 aliphatic heterocycles. The first kappa shape index (κ1) is 38.8. The molecule has 19 nitrogen and oxygen atoms in total. The number of hydroxylamine groups is 2. The minimum atomic E-state index is -5.04. The summed E-state index contributed by atoms with van der Waals surface area (Å²) in [7, 11) is -5.04. The van der Waals surface area contributed by atoms with Gasteiger partial charge in [0.1, 0.15) is 23.3 Å². The Bertz CT molecular complexity index is 1880. The zero-order chi connectivity index (χ0) is 38.2. The predicted molar refractivity (Wildman–Crippen MR) is 186 cm³/mol. The van der Waals surface area contributed by atoms with E-state index in [2.05, 4.69) is 25.1 Å². The fourth-order valence-corrected chi connectivity index (χ4v) is 7.43. The lowest BCUT2D eigenvalue weighted by Crippen LogP contribution is -2.76. The molecule has 3 aliphatic rings. The monoisotopic (exact) mass is 766 g/mol. The van der Waals surface area contributed by atoms with Crippen molar-refractivity contribution in [3.05, 3.63) is 40.4 Å². The van der Waals surface area contributed by atoms with Crippen LogP contribution in [0.3, 0.4) is 0 Å². The Labute approximate surface area is 303 Å². The number of aliphatic hydroxyl groups is 1. The number of anilines is 1. The number of nitrogens with two attached hydrogens (primary N) is 2. The number of β-lactam (4-membered cyclic amide) rings is 1. The second kappa shape index (κ2) is 14.5. The van der Waals surface area contributed by atoms with E-state index in [-0.39, 0.29) is 41.3 Å². The van der Waals surface area contributed by atoms with Crippen LogP contribution in [0.15, 0.2) is 28.7 Å². The summed E-state index contributed by atoms with van der Waals surface area (Å²) in [6, 6.07) is 3.86. The predicted octanol–water partition coefficient (Wildman–Crippen LogP) is 0.461. The van der Waals surface area contributed by atoms with Gasteiger partial charge in [0.15, 0.2) is 16.9 Å². The average Bonchev–Trinajstić information content (AvgIpc) is 3.51. The Balaban J connectivity index is 1.29. The molecule has 2 amide bonds. The molecule has 0 radical (unpaired) electrons. The summed E-state index contributed by atoms with van der Waals surface area (Å²) in [5.74, 6) is -2.87. The molecule has 5 rings (SSSR count). The van der Waals surface area contributed by atoms with E-state index in [1.54, 1.807) is 18.2 Å². The van der Waals surface area contributed by atoms with Crippen molar-refractivity contribution in [2.24, 2.45) is 10.9 Å². The second-order valence-electron chi connectivity index (χ2n) is 13.8. The summed E-state index contributed by atoms with van der Waals surface area (Å²) in [5.41, 5.74) is 8.91. The van der Waals surface area contributed by atoms with Gasteiger partial charge < -0.3 is 41.9 Å². The fraction of sp³-hybridized carbons (Fsp3) is 0.548. The molecule has 10 N–H and O–H groups in total. The van der Waals surface area contributed by atoms with Gasteiger partial charge in [-0.05, 0) is 89.5 Å². The molecule has 2 fully saturated rings. The summed E-state index contributed by atoms with van der Waals surface area (Å²) in [6.45, 7) is 4.00. The van der Waals surface area contributed by atoms with E-state index in [0.29, 0.717) is 29.2 Å².